The molecule has 0 aliphatic heterocycles. The van der Waals surface area contributed by atoms with E-state index in [4.69, 9.17) is 14.2 Å². The van der Waals surface area contributed by atoms with Crippen LogP contribution < -0.4 is 20.1 Å². The van der Waals surface area contributed by atoms with Crippen LogP contribution in [-0.4, -0.2) is 45.2 Å². The summed E-state index contributed by atoms with van der Waals surface area (Å²) in [5.41, 5.74) is 2.09. The van der Waals surface area contributed by atoms with E-state index >= 15 is 0 Å². The minimum absolute atomic E-state index is 0.249. The van der Waals surface area contributed by atoms with Gasteiger partial charge in [0.1, 0.15) is 18.0 Å². The van der Waals surface area contributed by atoms with Crippen LogP contribution in [0.25, 0.3) is 0 Å². The molecule has 0 heterocycles. The Morgan fingerprint density at radius 1 is 0.800 bits per heavy atom. The fourth-order valence-corrected chi connectivity index (χ4v) is 2.81. The number of benzene rings is 3. The van der Waals surface area contributed by atoms with E-state index < -0.39 is 30.9 Å². The second-order valence-corrected chi connectivity index (χ2v) is 7.08. The standard InChI is InChI=1S/C25H24N4O6/c1-33-21-12-17(13-22(14-21)34-2)25(32)26-15-24(31)35-16-23(30)27-18-8-10-20(11-9-18)29-28-19-6-4-3-5-7-19/h3-14H,15-16H2,1-2H3,(H,26,32)(H,27,30). The number of nitrogens with zero attached hydrogens (tertiary/aromatic N) is 2. The number of carbonyl (C=O) groups excluding carboxylic acids is 3. The third-order valence-electron chi connectivity index (χ3n) is 4.56. The van der Waals surface area contributed by atoms with Crippen molar-refractivity contribution >= 4 is 34.8 Å². The summed E-state index contributed by atoms with van der Waals surface area (Å²) in [6, 6.07) is 20.6. The number of anilines is 1. The molecule has 0 unspecified atom stereocenters. The monoisotopic (exact) mass is 476 g/mol. The maximum absolute atomic E-state index is 12.3. The molecule has 180 valence electrons. The van der Waals surface area contributed by atoms with E-state index in [9.17, 15) is 14.4 Å². The number of hydrogen-bond donors (Lipinski definition) is 2. The Kier molecular flexibility index (Phi) is 8.89. The van der Waals surface area contributed by atoms with Crippen molar-refractivity contribution in [1.29, 1.82) is 0 Å². The molecule has 10 heteroatoms. The third kappa shape index (κ3) is 7.97. The second-order valence-electron chi connectivity index (χ2n) is 7.08. The molecule has 3 aromatic rings. The van der Waals surface area contributed by atoms with Gasteiger partial charge >= 0.3 is 5.97 Å². The normalized spacial score (nSPS) is 10.5. The van der Waals surface area contributed by atoms with Crippen molar-refractivity contribution in [3.05, 3.63) is 78.4 Å². The van der Waals surface area contributed by atoms with Gasteiger partial charge in [0.05, 0.1) is 25.6 Å². The SMILES string of the molecule is COc1cc(OC)cc(C(=O)NCC(=O)OCC(=O)Nc2ccc(N=Nc3ccccc3)cc2)c1. The van der Waals surface area contributed by atoms with Crippen molar-refractivity contribution in [3.63, 3.8) is 0 Å². The molecule has 2 amide bonds. The van der Waals surface area contributed by atoms with Crippen molar-refractivity contribution in [3.8, 4) is 11.5 Å². The zero-order valence-corrected chi connectivity index (χ0v) is 19.2. The van der Waals surface area contributed by atoms with Crippen LogP contribution in [0, 0.1) is 0 Å². The summed E-state index contributed by atoms with van der Waals surface area (Å²) in [5, 5.41) is 13.3. The van der Waals surface area contributed by atoms with Gasteiger partial charge in [-0.15, -0.1) is 0 Å². The summed E-state index contributed by atoms with van der Waals surface area (Å²) in [6.45, 7) is -0.913. The Balaban J connectivity index is 1.42. The predicted octanol–water partition coefficient (Wildman–Crippen LogP) is 4.03. The molecule has 0 saturated heterocycles. The first-order valence-corrected chi connectivity index (χ1v) is 10.5. The van der Waals surface area contributed by atoms with E-state index in [0.717, 1.165) is 5.69 Å². The predicted molar refractivity (Wildman–Crippen MR) is 129 cm³/mol. The number of rotatable bonds is 10. The highest BCUT2D eigenvalue weighted by molar-refractivity contribution is 5.97. The van der Waals surface area contributed by atoms with Crippen LogP contribution in [-0.2, 0) is 14.3 Å². The maximum atomic E-state index is 12.3. The first-order valence-electron chi connectivity index (χ1n) is 10.5. The molecule has 3 aromatic carbocycles. The van der Waals surface area contributed by atoms with E-state index in [1.807, 2.05) is 30.3 Å². The smallest absolute Gasteiger partial charge is 0.325 e. The van der Waals surface area contributed by atoms with Gasteiger partial charge in [-0.3, -0.25) is 14.4 Å². The van der Waals surface area contributed by atoms with E-state index in [0.29, 0.717) is 22.9 Å². The maximum Gasteiger partial charge on any atom is 0.325 e. The summed E-state index contributed by atoms with van der Waals surface area (Å²) in [7, 11) is 2.93. The molecular formula is C25H24N4O6. The fraction of sp³-hybridized carbons (Fsp3) is 0.160. The average Bonchev–Trinajstić information content (AvgIpc) is 2.90. The number of hydrogen-bond acceptors (Lipinski definition) is 8. The van der Waals surface area contributed by atoms with Crippen LogP contribution in [0.4, 0.5) is 17.1 Å². The lowest BCUT2D eigenvalue weighted by atomic mass is 10.2. The molecule has 0 spiro atoms. The molecule has 0 aliphatic rings. The number of carbonyl (C=O) groups is 3. The minimum Gasteiger partial charge on any atom is -0.497 e. The van der Waals surface area contributed by atoms with Gasteiger partial charge in [-0.25, -0.2) is 0 Å². The van der Waals surface area contributed by atoms with Crippen LogP contribution in [0.2, 0.25) is 0 Å². The van der Waals surface area contributed by atoms with Crippen molar-refractivity contribution in [2.75, 3.05) is 32.7 Å². The number of ether oxygens (including phenoxy) is 3. The zero-order valence-electron chi connectivity index (χ0n) is 19.2. The molecule has 0 fully saturated rings. The van der Waals surface area contributed by atoms with Crippen LogP contribution >= 0.6 is 0 Å². The van der Waals surface area contributed by atoms with Gasteiger partial charge in [-0.05, 0) is 48.5 Å². The quantitative estimate of drug-likeness (QED) is 0.336. The number of nitrogens with one attached hydrogen (secondary N) is 2. The highest BCUT2D eigenvalue weighted by Crippen LogP contribution is 2.22. The van der Waals surface area contributed by atoms with Crippen LogP contribution in [0.3, 0.4) is 0 Å². The number of amides is 2. The molecule has 0 saturated carbocycles. The van der Waals surface area contributed by atoms with Crippen LogP contribution in [0.15, 0.2) is 83.0 Å². The number of esters is 1. The lowest BCUT2D eigenvalue weighted by molar-refractivity contribution is -0.146. The van der Waals surface area contributed by atoms with Crippen molar-refractivity contribution in [2.24, 2.45) is 10.2 Å². The Morgan fingerprint density at radius 2 is 1.40 bits per heavy atom. The highest BCUT2D eigenvalue weighted by Gasteiger charge is 2.13. The fourth-order valence-electron chi connectivity index (χ4n) is 2.81. The first-order chi connectivity index (χ1) is 17.0. The summed E-state index contributed by atoms with van der Waals surface area (Å²) in [4.78, 5) is 36.3. The van der Waals surface area contributed by atoms with Gasteiger partial charge < -0.3 is 24.8 Å². The molecular weight excluding hydrogens is 452 g/mol. The van der Waals surface area contributed by atoms with Gasteiger partial charge in [-0.1, -0.05) is 18.2 Å². The highest BCUT2D eigenvalue weighted by atomic mass is 16.5. The largest absolute Gasteiger partial charge is 0.497 e. The lowest BCUT2D eigenvalue weighted by Crippen LogP contribution is -2.32. The third-order valence-corrected chi connectivity index (χ3v) is 4.56. The first kappa shape index (κ1) is 24.9. The van der Waals surface area contributed by atoms with Gasteiger partial charge in [0.15, 0.2) is 6.61 Å². The van der Waals surface area contributed by atoms with Crippen LogP contribution in [0.5, 0.6) is 11.5 Å². The molecule has 0 aromatic heterocycles. The Hall–Kier alpha value is -4.73. The van der Waals surface area contributed by atoms with Crippen molar-refractivity contribution < 1.29 is 28.6 Å². The van der Waals surface area contributed by atoms with Crippen molar-refractivity contribution in [1.82, 2.24) is 5.32 Å². The topological polar surface area (TPSA) is 128 Å². The molecule has 2 N–H and O–H groups in total. The summed E-state index contributed by atoms with van der Waals surface area (Å²) >= 11 is 0. The van der Waals surface area contributed by atoms with Gasteiger partial charge in [0.2, 0.25) is 0 Å². The molecule has 0 bridgehead atoms. The van der Waals surface area contributed by atoms with Gasteiger partial charge in [-0.2, -0.15) is 10.2 Å². The minimum atomic E-state index is -0.764. The lowest BCUT2D eigenvalue weighted by Gasteiger charge is -2.10. The number of azo groups is 1. The van der Waals surface area contributed by atoms with E-state index in [1.165, 1.54) is 26.4 Å². The average molecular weight is 476 g/mol. The molecule has 35 heavy (non-hydrogen) atoms. The summed E-state index contributed by atoms with van der Waals surface area (Å²) < 4.78 is 15.2. The summed E-state index contributed by atoms with van der Waals surface area (Å²) in [6.07, 6.45) is 0. The zero-order chi connectivity index (χ0) is 25.0. The van der Waals surface area contributed by atoms with E-state index in [1.54, 1.807) is 30.3 Å². The van der Waals surface area contributed by atoms with E-state index in [2.05, 4.69) is 20.9 Å². The summed E-state index contributed by atoms with van der Waals surface area (Å²) in [5.74, 6) is -0.948. The molecule has 0 atom stereocenters. The second kappa shape index (κ2) is 12.5. The van der Waals surface area contributed by atoms with E-state index in [-0.39, 0.29) is 5.56 Å². The Bertz CT molecular complexity index is 1170. The molecule has 10 nitrogen and oxygen atoms in total. The number of methoxy groups -OCH3 is 2. The van der Waals surface area contributed by atoms with Crippen molar-refractivity contribution in [2.45, 2.75) is 0 Å². The van der Waals surface area contributed by atoms with Gasteiger partial charge in [0.25, 0.3) is 11.8 Å². The molecule has 0 aliphatic carbocycles. The molecule has 0 radical (unpaired) electrons. The van der Waals surface area contributed by atoms with Gasteiger partial charge in [0, 0.05) is 17.3 Å². The Labute approximate surface area is 201 Å². The van der Waals surface area contributed by atoms with Crippen LogP contribution in [0.1, 0.15) is 10.4 Å². The molecule has 3 rings (SSSR count). The Morgan fingerprint density at radius 3 is 2.00 bits per heavy atom.